The van der Waals surface area contributed by atoms with E-state index in [9.17, 15) is 8.42 Å². The molecule has 0 amide bonds. The molecule has 6 heteroatoms. The highest BCUT2D eigenvalue weighted by atomic mass is 32.2. The second-order valence-corrected chi connectivity index (χ2v) is 16.9. The van der Waals surface area contributed by atoms with Crippen molar-refractivity contribution in [3.63, 3.8) is 0 Å². The third-order valence-electron chi connectivity index (χ3n) is 6.58. The van der Waals surface area contributed by atoms with E-state index in [1.54, 1.807) is 16.4 Å². The van der Waals surface area contributed by atoms with E-state index in [-0.39, 0.29) is 11.1 Å². The number of benzene rings is 1. The van der Waals surface area contributed by atoms with E-state index >= 15 is 0 Å². The van der Waals surface area contributed by atoms with Crippen molar-refractivity contribution in [1.82, 2.24) is 4.31 Å². The highest BCUT2D eigenvalue weighted by Crippen LogP contribution is 2.36. The maximum atomic E-state index is 13.4. The van der Waals surface area contributed by atoms with Crippen LogP contribution in [0.4, 0.5) is 0 Å². The molecule has 1 aromatic carbocycles. The summed E-state index contributed by atoms with van der Waals surface area (Å²) >= 11 is 0. The van der Waals surface area contributed by atoms with Crippen LogP contribution < -0.4 is 0 Å². The second kappa shape index (κ2) is 11.1. The zero-order valence-electron chi connectivity index (χ0n) is 20.7. The molecule has 1 atom stereocenters. The Bertz CT molecular complexity index is 925. The summed E-state index contributed by atoms with van der Waals surface area (Å²) in [6, 6.07) is 7.01. The summed E-state index contributed by atoms with van der Waals surface area (Å²) in [5, 5.41) is 0.170. The zero-order valence-corrected chi connectivity index (χ0v) is 22.5. The Labute approximate surface area is 197 Å². The molecule has 1 heterocycles. The van der Waals surface area contributed by atoms with Crippen LogP contribution >= 0.6 is 0 Å². The standard InChI is InChI=1S/C26H41NO3SSi/c1-8-9-10-11-14-24-20-23(13-12-19-30-32(6,7)26(3,4)5)21-27(24)31(28,29)25-17-15-22(2)16-18-25/h8,12-13,15-18,20,24H,1,9-11,14,19,21H2,2-7H3/b13-12+/t24-/m1/s1. The first-order valence-corrected chi connectivity index (χ1v) is 15.9. The van der Waals surface area contributed by atoms with Crippen molar-refractivity contribution in [2.75, 3.05) is 13.2 Å². The smallest absolute Gasteiger partial charge is 0.243 e. The van der Waals surface area contributed by atoms with Crippen molar-refractivity contribution < 1.29 is 12.8 Å². The van der Waals surface area contributed by atoms with Gasteiger partial charge >= 0.3 is 0 Å². The first-order chi connectivity index (χ1) is 14.9. The minimum absolute atomic E-state index is 0.118. The fourth-order valence-corrected chi connectivity index (χ4v) is 5.98. The first-order valence-electron chi connectivity index (χ1n) is 11.6. The Hall–Kier alpha value is -1.47. The fraction of sp³-hybridized carbons (Fsp3) is 0.538. The van der Waals surface area contributed by atoms with Gasteiger partial charge in [0.05, 0.1) is 11.5 Å². The third-order valence-corrected chi connectivity index (χ3v) is 13.0. The lowest BCUT2D eigenvalue weighted by Crippen LogP contribution is -2.40. The van der Waals surface area contributed by atoms with Crippen LogP contribution in [0, 0.1) is 6.92 Å². The van der Waals surface area contributed by atoms with E-state index in [1.807, 2.05) is 37.3 Å². The highest BCUT2D eigenvalue weighted by Gasteiger charge is 2.37. The summed E-state index contributed by atoms with van der Waals surface area (Å²) in [5.74, 6) is 0. The number of rotatable bonds is 11. The van der Waals surface area contributed by atoms with Crippen LogP contribution in [0.25, 0.3) is 0 Å². The largest absolute Gasteiger partial charge is 0.413 e. The van der Waals surface area contributed by atoms with Gasteiger partial charge in [-0.25, -0.2) is 8.42 Å². The maximum absolute atomic E-state index is 13.4. The van der Waals surface area contributed by atoms with Crippen LogP contribution in [0.3, 0.4) is 0 Å². The zero-order chi connectivity index (χ0) is 24.0. The van der Waals surface area contributed by atoms with Crippen LogP contribution in [-0.2, 0) is 14.4 Å². The Kier molecular flexibility index (Phi) is 9.29. The molecule has 1 aliphatic rings. The number of nitrogens with zero attached hydrogens (tertiary/aromatic N) is 1. The first kappa shape index (κ1) is 26.8. The van der Waals surface area contributed by atoms with E-state index in [1.165, 1.54) is 0 Å². The summed E-state index contributed by atoms with van der Waals surface area (Å²) in [6.07, 6.45) is 11.9. The van der Waals surface area contributed by atoms with Crippen molar-refractivity contribution in [3.05, 3.63) is 66.3 Å². The van der Waals surface area contributed by atoms with Crippen LogP contribution in [0.1, 0.15) is 52.0 Å². The predicted molar refractivity (Wildman–Crippen MR) is 138 cm³/mol. The number of allylic oxidation sites excluding steroid dienone is 1. The lowest BCUT2D eigenvalue weighted by Gasteiger charge is -2.35. The summed E-state index contributed by atoms with van der Waals surface area (Å²) in [4.78, 5) is 0.360. The van der Waals surface area contributed by atoms with Crippen molar-refractivity contribution >= 4 is 18.3 Å². The third kappa shape index (κ3) is 7.01. The van der Waals surface area contributed by atoms with Gasteiger partial charge in [-0.1, -0.05) is 69.2 Å². The number of hydrogen-bond donors (Lipinski definition) is 0. The van der Waals surface area contributed by atoms with Gasteiger partial charge in [-0.3, -0.25) is 0 Å². The van der Waals surface area contributed by atoms with Gasteiger partial charge in [0.1, 0.15) is 0 Å². The Morgan fingerprint density at radius 2 is 1.84 bits per heavy atom. The predicted octanol–water partition coefficient (Wildman–Crippen LogP) is 6.62. The van der Waals surface area contributed by atoms with Crippen molar-refractivity contribution in [3.8, 4) is 0 Å². The molecule has 0 N–H and O–H groups in total. The molecule has 0 bridgehead atoms. The molecule has 0 radical (unpaired) electrons. The SMILES string of the molecule is C=CCCCC[C@@H]1C=C(/C=C/CO[Si](C)(C)C(C)(C)C)CN1S(=O)(=O)c1ccc(C)cc1. The summed E-state index contributed by atoms with van der Waals surface area (Å²) < 4.78 is 34.7. The average Bonchev–Trinajstić information content (AvgIpc) is 3.12. The molecule has 1 aliphatic heterocycles. The number of sulfonamides is 1. The lowest BCUT2D eigenvalue weighted by atomic mass is 10.1. The van der Waals surface area contributed by atoms with Gasteiger partial charge in [-0.2, -0.15) is 4.31 Å². The Morgan fingerprint density at radius 1 is 1.19 bits per heavy atom. The quantitative estimate of drug-likeness (QED) is 0.205. The normalized spacial score (nSPS) is 18.3. The van der Waals surface area contributed by atoms with Crippen LogP contribution in [0.2, 0.25) is 18.1 Å². The molecule has 0 spiro atoms. The number of unbranched alkanes of at least 4 members (excludes halogenated alkanes) is 2. The average molecular weight is 476 g/mol. The monoisotopic (exact) mass is 475 g/mol. The second-order valence-electron chi connectivity index (χ2n) is 10.2. The summed E-state index contributed by atoms with van der Waals surface area (Å²) in [6.45, 7) is 17.9. The molecule has 0 fully saturated rings. The summed E-state index contributed by atoms with van der Waals surface area (Å²) in [5.41, 5.74) is 2.09. The summed E-state index contributed by atoms with van der Waals surface area (Å²) in [7, 11) is -5.35. The van der Waals surface area contributed by atoms with E-state index < -0.39 is 18.3 Å². The van der Waals surface area contributed by atoms with E-state index in [0.717, 1.165) is 36.8 Å². The molecule has 2 rings (SSSR count). The minimum atomic E-state index is -3.55. The lowest BCUT2D eigenvalue weighted by molar-refractivity contribution is 0.328. The molecule has 1 aromatic rings. The molecule has 0 aliphatic carbocycles. The van der Waals surface area contributed by atoms with Gasteiger partial charge in [0, 0.05) is 12.6 Å². The van der Waals surface area contributed by atoms with E-state index in [4.69, 9.17) is 4.43 Å². The molecule has 0 unspecified atom stereocenters. The molecule has 0 saturated carbocycles. The minimum Gasteiger partial charge on any atom is -0.413 e. The topological polar surface area (TPSA) is 46.6 Å². The number of aryl methyl sites for hydroxylation is 1. The van der Waals surface area contributed by atoms with Crippen LogP contribution in [0.5, 0.6) is 0 Å². The fourth-order valence-electron chi connectivity index (χ4n) is 3.44. The Balaban J connectivity index is 2.13. The van der Waals surface area contributed by atoms with Gasteiger partial charge in [-0.15, -0.1) is 6.58 Å². The van der Waals surface area contributed by atoms with Crippen molar-refractivity contribution in [2.45, 2.75) is 82.4 Å². The van der Waals surface area contributed by atoms with E-state index in [2.05, 4.69) is 46.5 Å². The van der Waals surface area contributed by atoms with E-state index in [0.29, 0.717) is 18.0 Å². The van der Waals surface area contributed by atoms with Gasteiger partial charge in [-0.05, 0) is 62.0 Å². The highest BCUT2D eigenvalue weighted by molar-refractivity contribution is 7.89. The molecule has 32 heavy (non-hydrogen) atoms. The maximum Gasteiger partial charge on any atom is 0.243 e. The molecule has 0 aromatic heterocycles. The van der Waals surface area contributed by atoms with Crippen LogP contribution in [0.15, 0.2) is 65.6 Å². The molecule has 4 nitrogen and oxygen atoms in total. The van der Waals surface area contributed by atoms with Gasteiger partial charge in [0.15, 0.2) is 8.32 Å². The van der Waals surface area contributed by atoms with Gasteiger partial charge in [0.25, 0.3) is 0 Å². The molecule has 0 saturated heterocycles. The van der Waals surface area contributed by atoms with Crippen molar-refractivity contribution in [2.24, 2.45) is 0 Å². The molecule has 178 valence electrons. The molecular formula is C26H41NO3SSi. The van der Waals surface area contributed by atoms with Crippen LogP contribution in [-0.4, -0.2) is 40.2 Å². The van der Waals surface area contributed by atoms with Gasteiger partial charge in [0.2, 0.25) is 10.0 Å². The molecular weight excluding hydrogens is 434 g/mol. The van der Waals surface area contributed by atoms with Crippen molar-refractivity contribution in [1.29, 1.82) is 0 Å². The Morgan fingerprint density at radius 3 is 2.44 bits per heavy atom. The number of hydrogen-bond acceptors (Lipinski definition) is 3. The van der Waals surface area contributed by atoms with Gasteiger partial charge < -0.3 is 4.43 Å².